The fraction of sp³-hybridized carbons (Fsp3) is 0.0625. The van der Waals surface area contributed by atoms with Gasteiger partial charge in [-0.25, -0.2) is 8.42 Å². The zero-order valence-electron chi connectivity index (χ0n) is 12.4. The lowest BCUT2D eigenvalue weighted by molar-refractivity contribution is 0.601. The lowest BCUT2D eigenvalue weighted by Gasteiger charge is -2.08. The summed E-state index contributed by atoms with van der Waals surface area (Å²) in [5.74, 6) is 0. The number of fused-ring (bicyclic) bond motifs is 1. The van der Waals surface area contributed by atoms with E-state index < -0.39 is 10.0 Å². The lowest BCUT2D eigenvalue weighted by Crippen LogP contribution is -2.13. The summed E-state index contributed by atoms with van der Waals surface area (Å²) in [6.07, 6.45) is 1.65. The quantitative estimate of drug-likeness (QED) is 0.633. The molecule has 24 heavy (non-hydrogen) atoms. The molecule has 0 saturated heterocycles. The second kappa shape index (κ2) is 6.54. The molecule has 3 rings (SSSR count). The Morgan fingerprint density at radius 1 is 1.21 bits per heavy atom. The molecule has 0 atom stereocenters. The monoisotopic (exact) mass is 424 g/mol. The smallest absolute Gasteiger partial charge is 0.295 e. The van der Waals surface area contributed by atoms with E-state index in [-0.39, 0.29) is 9.77 Å². The number of rotatable bonds is 5. The standard InChI is InChI=1S/C16H13BrN2O3S2/c1-2-9-19-14-8-5-12(10-15(14)23-16(19)20)18-24(21,22)13-6-3-11(17)4-7-13/h2-8,10,18H,1,9H2. The molecule has 124 valence electrons. The summed E-state index contributed by atoms with van der Waals surface area (Å²) in [5, 5.41) is 0. The highest BCUT2D eigenvalue weighted by molar-refractivity contribution is 9.10. The van der Waals surface area contributed by atoms with Crippen molar-refractivity contribution in [3.8, 4) is 0 Å². The number of hydrogen-bond donors (Lipinski definition) is 1. The summed E-state index contributed by atoms with van der Waals surface area (Å²) in [7, 11) is -3.68. The van der Waals surface area contributed by atoms with E-state index >= 15 is 0 Å². The van der Waals surface area contributed by atoms with Crippen LogP contribution in [0.5, 0.6) is 0 Å². The van der Waals surface area contributed by atoms with E-state index in [4.69, 9.17) is 0 Å². The van der Waals surface area contributed by atoms with E-state index in [1.165, 1.54) is 12.1 Å². The molecule has 0 aliphatic carbocycles. The first-order valence-corrected chi connectivity index (χ1v) is 10.0. The Labute approximate surface area is 151 Å². The summed E-state index contributed by atoms with van der Waals surface area (Å²) < 4.78 is 30.5. The molecule has 1 aromatic heterocycles. The molecule has 1 N–H and O–H groups in total. The minimum absolute atomic E-state index is 0.0992. The fourth-order valence-electron chi connectivity index (χ4n) is 2.26. The van der Waals surface area contributed by atoms with E-state index in [9.17, 15) is 13.2 Å². The van der Waals surface area contributed by atoms with Crippen molar-refractivity contribution in [1.29, 1.82) is 0 Å². The Kier molecular flexibility index (Phi) is 4.62. The summed E-state index contributed by atoms with van der Waals surface area (Å²) >= 11 is 4.35. The summed E-state index contributed by atoms with van der Waals surface area (Å²) in [6.45, 7) is 4.06. The Bertz CT molecular complexity index is 1070. The number of halogens is 1. The average molecular weight is 425 g/mol. The number of hydrogen-bond acceptors (Lipinski definition) is 4. The second-order valence-corrected chi connectivity index (χ2v) is 8.60. The molecule has 0 spiro atoms. The Balaban J connectivity index is 1.97. The minimum Gasteiger partial charge on any atom is -0.295 e. The molecule has 0 amide bonds. The van der Waals surface area contributed by atoms with Crippen LogP contribution in [0.15, 0.2) is 69.3 Å². The first-order chi connectivity index (χ1) is 11.4. The summed E-state index contributed by atoms with van der Waals surface area (Å²) in [6, 6.07) is 11.4. The maximum absolute atomic E-state index is 12.4. The molecular weight excluding hydrogens is 412 g/mol. The SMILES string of the molecule is C=CCn1c(=O)sc2cc(NS(=O)(=O)c3ccc(Br)cc3)ccc21. The highest BCUT2D eigenvalue weighted by atomic mass is 79.9. The van der Waals surface area contributed by atoms with Crippen LogP contribution in [-0.2, 0) is 16.6 Å². The van der Waals surface area contributed by atoms with Gasteiger partial charge in [0.05, 0.1) is 20.8 Å². The van der Waals surface area contributed by atoms with E-state index in [0.29, 0.717) is 12.2 Å². The van der Waals surface area contributed by atoms with Crippen LogP contribution in [0.25, 0.3) is 10.2 Å². The predicted octanol–water partition coefficient (Wildman–Crippen LogP) is 3.81. The van der Waals surface area contributed by atoms with Crippen LogP contribution < -0.4 is 9.60 Å². The molecule has 2 aromatic carbocycles. The molecule has 0 fully saturated rings. The number of anilines is 1. The van der Waals surface area contributed by atoms with Crippen LogP contribution in [0.2, 0.25) is 0 Å². The van der Waals surface area contributed by atoms with Gasteiger partial charge in [0.25, 0.3) is 10.0 Å². The third-order valence-electron chi connectivity index (χ3n) is 3.36. The van der Waals surface area contributed by atoms with E-state index in [2.05, 4.69) is 27.2 Å². The maximum Gasteiger partial charge on any atom is 0.308 e. The zero-order valence-corrected chi connectivity index (χ0v) is 15.6. The Hall–Kier alpha value is -1.90. The van der Waals surface area contributed by atoms with Crippen LogP contribution in [-0.4, -0.2) is 13.0 Å². The molecule has 0 aliphatic heterocycles. The Morgan fingerprint density at radius 3 is 2.58 bits per heavy atom. The average Bonchev–Trinajstić information content (AvgIpc) is 2.83. The van der Waals surface area contributed by atoms with E-state index in [1.807, 2.05) is 0 Å². The largest absolute Gasteiger partial charge is 0.308 e. The van der Waals surface area contributed by atoms with Gasteiger partial charge in [-0.2, -0.15) is 0 Å². The van der Waals surface area contributed by atoms with Gasteiger partial charge in [0.1, 0.15) is 0 Å². The topological polar surface area (TPSA) is 68.2 Å². The first kappa shape index (κ1) is 16.9. The first-order valence-electron chi connectivity index (χ1n) is 6.93. The number of allylic oxidation sites excluding steroid dienone is 1. The van der Waals surface area contributed by atoms with Crippen molar-refractivity contribution >= 4 is 53.2 Å². The van der Waals surface area contributed by atoms with Gasteiger partial charge in [-0.1, -0.05) is 33.3 Å². The van der Waals surface area contributed by atoms with Crippen molar-refractivity contribution in [2.45, 2.75) is 11.4 Å². The van der Waals surface area contributed by atoms with Crippen LogP contribution in [0.3, 0.4) is 0 Å². The van der Waals surface area contributed by atoms with Gasteiger partial charge in [0.15, 0.2) is 0 Å². The Morgan fingerprint density at radius 2 is 1.92 bits per heavy atom. The second-order valence-electron chi connectivity index (χ2n) is 5.01. The number of aromatic nitrogens is 1. The molecule has 0 unspecified atom stereocenters. The predicted molar refractivity (Wildman–Crippen MR) is 101 cm³/mol. The van der Waals surface area contributed by atoms with Crippen LogP contribution in [0.1, 0.15) is 0 Å². The van der Waals surface area contributed by atoms with Crippen LogP contribution >= 0.6 is 27.3 Å². The molecule has 8 heteroatoms. The van der Waals surface area contributed by atoms with Gasteiger partial charge in [0, 0.05) is 11.0 Å². The minimum atomic E-state index is -3.68. The van der Waals surface area contributed by atoms with Gasteiger partial charge in [0.2, 0.25) is 0 Å². The van der Waals surface area contributed by atoms with Gasteiger partial charge in [-0.05, 0) is 42.5 Å². The maximum atomic E-state index is 12.4. The molecule has 0 aliphatic rings. The van der Waals surface area contributed by atoms with Crippen molar-refractivity contribution in [2.75, 3.05) is 4.72 Å². The molecule has 5 nitrogen and oxygen atoms in total. The number of sulfonamides is 1. The number of nitrogens with one attached hydrogen (secondary N) is 1. The van der Waals surface area contributed by atoms with Gasteiger partial charge < -0.3 is 0 Å². The van der Waals surface area contributed by atoms with Gasteiger partial charge in [-0.3, -0.25) is 14.1 Å². The van der Waals surface area contributed by atoms with Crippen molar-refractivity contribution in [3.05, 3.63) is 69.3 Å². The number of nitrogens with zero attached hydrogens (tertiary/aromatic N) is 1. The number of benzene rings is 2. The zero-order chi connectivity index (χ0) is 17.3. The van der Waals surface area contributed by atoms with Crippen molar-refractivity contribution in [1.82, 2.24) is 4.57 Å². The van der Waals surface area contributed by atoms with Crippen LogP contribution in [0.4, 0.5) is 5.69 Å². The van der Waals surface area contributed by atoms with Gasteiger partial charge >= 0.3 is 4.87 Å². The number of thiazole rings is 1. The normalized spacial score (nSPS) is 11.5. The van der Waals surface area contributed by atoms with E-state index in [0.717, 1.165) is 26.0 Å². The summed E-state index contributed by atoms with van der Waals surface area (Å²) in [5.41, 5.74) is 1.17. The fourth-order valence-corrected chi connectivity index (χ4v) is 4.51. The molecular formula is C16H13BrN2O3S2. The molecule has 1 heterocycles. The van der Waals surface area contributed by atoms with Crippen LogP contribution in [0, 0.1) is 0 Å². The summed E-state index contributed by atoms with van der Waals surface area (Å²) in [4.78, 5) is 12.0. The van der Waals surface area contributed by atoms with Crippen molar-refractivity contribution in [3.63, 3.8) is 0 Å². The van der Waals surface area contributed by atoms with Crippen molar-refractivity contribution < 1.29 is 8.42 Å². The molecule has 0 bridgehead atoms. The van der Waals surface area contributed by atoms with Crippen molar-refractivity contribution in [2.24, 2.45) is 0 Å². The third-order valence-corrected chi connectivity index (χ3v) is 6.22. The van der Waals surface area contributed by atoms with E-state index in [1.54, 1.807) is 41.0 Å². The molecule has 0 saturated carbocycles. The van der Waals surface area contributed by atoms with Gasteiger partial charge in [-0.15, -0.1) is 6.58 Å². The highest BCUT2D eigenvalue weighted by Gasteiger charge is 2.15. The highest BCUT2D eigenvalue weighted by Crippen LogP contribution is 2.24. The molecule has 3 aromatic rings. The lowest BCUT2D eigenvalue weighted by atomic mass is 10.3. The molecule has 0 radical (unpaired) electrons. The third kappa shape index (κ3) is 3.31.